The molecular formula is C15H17N3O3. The minimum atomic E-state index is -0.419. The van der Waals surface area contributed by atoms with E-state index in [-0.39, 0.29) is 5.69 Å². The van der Waals surface area contributed by atoms with Crippen molar-refractivity contribution in [1.29, 1.82) is 0 Å². The number of anilines is 1. The summed E-state index contributed by atoms with van der Waals surface area (Å²) in [5, 5.41) is 15.0. The van der Waals surface area contributed by atoms with E-state index in [1.165, 1.54) is 6.07 Å². The summed E-state index contributed by atoms with van der Waals surface area (Å²) in [6.45, 7) is 5.46. The summed E-state index contributed by atoms with van der Waals surface area (Å²) in [5.74, 6) is 0. The van der Waals surface area contributed by atoms with Gasteiger partial charge in [0.1, 0.15) is 5.52 Å². The molecule has 1 heterocycles. The molecule has 0 saturated carbocycles. The summed E-state index contributed by atoms with van der Waals surface area (Å²) in [7, 11) is 0. The van der Waals surface area contributed by atoms with E-state index in [1.54, 1.807) is 18.3 Å². The zero-order chi connectivity index (χ0) is 15.1. The van der Waals surface area contributed by atoms with E-state index in [2.05, 4.69) is 16.9 Å². The minimum Gasteiger partial charge on any atom is -0.382 e. The Bertz CT molecular complexity index is 643. The molecule has 2 aromatic rings. The fourth-order valence-electron chi connectivity index (χ4n) is 1.99. The summed E-state index contributed by atoms with van der Waals surface area (Å²) in [6, 6.07) is 6.75. The third-order valence-corrected chi connectivity index (χ3v) is 2.97. The van der Waals surface area contributed by atoms with Gasteiger partial charge in [0, 0.05) is 29.9 Å². The highest BCUT2D eigenvalue weighted by Gasteiger charge is 2.14. The predicted molar refractivity (Wildman–Crippen MR) is 82.5 cm³/mol. The lowest BCUT2D eigenvalue weighted by Gasteiger charge is -2.09. The minimum absolute atomic E-state index is 0.0124. The van der Waals surface area contributed by atoms with Crippen molar-refractivity contribution in [3.05, 3.63) is 53.2 Å². The van der Waals surface area contributed by atoms with Crippen molar-refractivity contribution < 1.29 is 9.66 Å². The van der Waals surface area contributed by atoms with Crippen molar-refractivity contribution in [3.8, 4) is 0 Å². The van der Waals surface area contributed by atoms with Crippen molar-refractivity contribution in [2.45, 2.75) is 6.42 Å². The van der Waals surface area contributed by atoms with Crippen molar-refractivity contribution in [2.24, 2.45) is 0 Å². The highest BCUT2D eigenvalue weighted by molar-refractivity contribution is 5.96. The Hall–Kier alpha value is -2.47. The second kappa shape index (κ2) is 7.35. The van der Waals surface area contributed by atoms with Gasteiger partial charge in [0.15, 0.2) is 0 Å². The van der Waals surface area contributed by atoms with Gasteiger partial charge in [-0.05, 0) is 24.6 Å². The molecular weight excluding hydrogens is 270 g/mol. The predicted octanol–water partition coefficient (Wildman–Crippen LogP) is 3.15. The molecule has 0 bridgehead atoms. The first-order chi connectivity index (χ1) is 10.2. The number of nitrogens with zero attached hydrogens (tertiary/aromatic N) is 2. The first kappa shape index (κ1) is 14.9. The molecule has 0 saturated heterocycles. The van der Waals surface area contributed by atoms with Gasteiger partial charge >= 0.3 is 0 Å². The van der Waals surface area contributed by atoms with Crippen LogP contribution in [0.2, 0.25) is 0 Å². The van der Waals surface area contributed by atoms with E-state index in [0.29, 0.717) is 25.3 Å². The second-order valence-electron chi connectivity index (χ2n) is 4.41. The smallest absolute Gasteiger partial charge is 0.295 e. The fourth-order valence-corrected chi connectivity index (χ4v) is 1.99. The first-order valence-corrected chi connectivity index (χ1v) is 6.68. The molecule has 0 aliphatic rings. The van der Waals surface area contributed by atoms with Crippen molar-refractivity contribution in [1.82, 2.24) is 4.98 Å². The number of non-ortho nitro benzene ring substituents is 1. The number of nitro groups is 1. The number of fused-ring (bicyclic) bond motifs is 1. The van der Waals surface area contributed by atoms with E-state index in [9.17, 15) is 10.1 Å². The van der Waals surface area contributed by atoms with Gasteiger partial charge in [-0.3, -0.25) is 10.1 Å². The number of hydrogen-bond acceptors (Lipinski definition) is 5. The Morgan fingerprint density at radius 1 is 1.38 bits per heavy atom. The van der Waals surface area contributed by atoms with Gasteiger partial charge < -0.3 is 10.1 Å². The topological polar surface area (TPSA) is 77.3 Å². The first-order valence-electron chi connectivity index (χ1n) is 6.68. The molecule has 0 aliphatic heterocycles. The van der Waals surface area contributed by atoms with Gasteiger partial charge in [-0.15, -0.1) is 6.58 Å². The van der Waals surface area contributed by atoms with Gasteiger partial charge in [0.25, 0.3) is 5.69 Å². The van der Waals surface area contributed by atoms with Gasteiger partial charge in [0.05, 0.1) is 18.1 Å². The summed E-state index contributed by atoms with van der Waals surface area (Å²) < 4.78 is 5.41. The van der Waals surface area contributed by atoms with Crippen molar-refractivity contribution in [2.75, 3.05) is 25.1 Å². The van der Waals surface area contributed by atoms with Crippen LogP contribution in [-0.2, 0) is 4.74 Å². The Morgan fingerprint density at radius 2 is 2.24 bits per heavy atom. The Morgan fingerprint density at radius 3 is 3.00 bits per heavy atom. The number of rotatable bonds is 8. The van der Waals surface area contributed by atoms with Gasteiger partial charge in [-0.2, -0.15) is 0 Å². The van der Waals surface area contributed by atoms with E-state index >= 15 is 0 Å². The van der Waals surface area contributed by atoms with Crippen LogP contribution in [0.5, 0.6) is 0 Å². The molecule has 6 nitrogen and oxygen atoms in total. The fraction of sp³-hybridized carbons (Fsp3) is 0.267. The zero-order valence-electron chi connectivity index (χ0n) is 11.6. The molecule has 21 heavy (non-hydrogen) atoms. The molecule has 0 unspecified atom stereocenters. The third-order valence-electron chi connectivity index (χ3n) is 2.97. The zero-order valence-corrected chi connectivity index (χ0v) is 11.6. The molecule has 1 N–H and O–H groups in total. The third kappa shape index (κ3) is 3.76. The van der Waals surface area contributed by atoms with Crippen LogP contribution in [0.3, 0.4) is 0 Å². The van der Waals surface area contributed by atoms with Crippen LogP contribution in [0.1, 0.15) is 6.42 Å². The van der Waals surface area contributed by atoms with E-state index in [0.717, 1.165) is 17.5 Å². The van der Waals surface area contributed by atoms with Gasteiger partial charge in [-0.1, -0.05) is 6.08 Å². The highest BCUT2D eigenvalue weighted by Crippen LogP contribution is 2.29. The molecule has 0 spiro atoms. The normalized spacial score (nSPS) is 10.5. The summed E-state index contributed by atoms with van der Waals surface area (Å²) in [5.41, 5.74) is 1.22. The summed E-state index contributed by atoms with van der Waals surface area (Å²) in [4.78, 5) is 14.7. The van der Waals surface area contributed by atoms with Crippen molar-refractivity contribution in [3.63, 3.8) is 0 Å². The molecule has 6 heteroatoms. The lowest BCUT2D eigenvalue weighted by atomic mass is 10.1. The molecule has 1 aromatic carbocycles. The highest BCUT2D eigenvalue weighted by atomic mass is 16.6. The molecule has 2 rings (SSSR count). The average Bonchev–Trinajstić information content (AvgIpc) is 2.50. The van der Waals surface area contributed by atoms with Crippen molar-refractivity contribution >= 4 is 22.3 Å². The number of aromatic nitrogens is 1. The number of nitro benzene ring substituents is 1. The Labute approximate surface area is 122 Å². The molecule has 0 fully saturated rings. The molecule has 0 aliphatic carbocycles. The molecule has 110 valence electrons. The molecule has 0 amide bonds. The molecule has 1 aromatic heterocycles. The standard InChI is InChI=1S/C15H17N3O3/c1-2-3-10-21-11-9-16-13-6-7-14(18(19)20)15-12(13)5-4-8-17-15/h2,4-8,16H,1,3,9-11H2. The van der Waals surface area contributed by atoms with Crippen LogP contribution in [0, 0.1) is 10.1 Å². The quantitative estimate of drug-likeness (QED) is 0.349. The Balaban J connectivity index is 2.09. The lowest BCUT2D eigenvalue weighted by Crippen LogP contribution is -2.10. The maximum Gasteiger partial charge on any atom is 0.295 e. The van der Waals surface area contributed by atoms with Gasteiger partial charge in [-0.25, -0.2) is 4.98 Å². The number of hydrogen-bond donors (Lipinski definition) is 1. The van der Waals surface area contributed by atoms with Gasteiger partial charge in [0.2, 0.25) is 0 Å². The second-order valence-corrected chi connectivity index (χ2v) is 4.41. The monoisotopic (exact) mass is 287 g/mol. The lowest BCUT2D eigenvalue weighted by molar-refractivity contribution is -0.383. The molecule has 0 atom stereocenters. The van der Waals surface area contributed by atoms with E-state index in [1.807, 2.05) is 12.1 Å². The SMILES string of the molecule is C=CCCOCCNc1ccc([N+](=O)[O-])c2ncccc12. The number of ether oxygens (including phenoxy) is 1. The largest absolute Gasteiger partial charge is 0.382 e. The number of benzene rings is 1. The van der Waals surface area contributed by atoms with E-state index < -0.39 is 4.92 Å². The summed E-state index contributed by atoms with van der Waals surface area (Å²) in [6.07, 6.45) is 4.19. The maximum atomic E-state index is 11.0. The van der Waals surface area contributed by atoms with E-state index in [4.69, 9.17) is 4.74 Å². The maximum absolute atomic E-state index is 11.0. The van der Waals surface area contributed by atoms with Crippen LogP contribution < -0.4 is 5.32 Å². The molecule has 0 radical (unpaired) electrons. The van der Waals surface area contributed by atoms with Crippen LogP contribution in [0.4, 0.5) is 11.4 Å². The number of nitrogens with one attached hydrogen (secondary N) is 1. The van der Waals surface area contributed by atoms with Crippen LogP contribution in [0.25, 0.3) is 10.9 Å². The Kier molecular flexibility index (Phi) is 5.22. The van der Waals surface area contributed by atoms with Crippen LogP contribution in [-0.4, -0.2) is 29.7 Å². The van der Waals surface area contributed by atoms with Crippen LogP contribution in [0.15, 0.2) is 43.1 Å². The summed E-state index contributed by atoms with van der Waals surface area (Å²) >= 11 is 0. The average molecular weight is 287 g/mol. The number of pyridine rings is 1. The van der Waals surface area contributed by atoms with Crippen LogP contribution >= 0.6 is 0 Å².